The molecule has 1 amide bonds. The molecule has 0 aromatic heterocycles. The van der Waals surface area contributed by atoms with Crippen LogP contribution >= 0.6 is 0 Å². The number of amides is 1. The number of rotatable bonds is 4. The number of benzene rings is 1. The lowest BCUT2D eigenvalue weighted by Crippen LogP contribution is -2.49. The first-order chi connectivity index (χ1) is 10.3. The molecule has 2 unspecified atom stereocenters. The smallest absolute Gasteiger partial charge is 0.223 e. The van der Waals surface area contributed by atoms with Gasteiger partial charge in [0.05, 0.1) is 0 Å². The highest BCUT2D eigenvalue weighted by Crippen LogP contribution is 2.26. The van der Waals surface area contributed by atoms with Gasteiger partial charge in [-0.15, -0.1) is 0 Å². The van der Waals surface area contributed by atoms with Gasteiger partial charge in [0.1, 0.15) is 0 Å². The molecule has 2 N–H and O–H groups in total. The summed E-state index contributed by atoms with van der Waals surface area (Å²) < 4.78 is 0. The maximum atomic E-state index is 12.4. The number of hydrogen-bond donors (Lipinski definition) is 2. The average Bonchev–Trinajstić information content (AvgIpc) is 2.97. The zero-order valence-electron chi connectivity index (χ0n) is 12.9. The van der Waals surface area contributed by atoms with Crippen molar-refractivity contribution in [2.24, 2.45) is 11.8 Å². The Morgan fingerprint density at radius 3 is 2.67 bits per heavy atom. The van der Waals surface area contributed by atoms with E-state index in [2.05, 4.69) is 41.8 Å². The highest BCUT2D eigenvalue weighted by molar-refractivity contribution is 5.80. The molecule has 0 saturated carbocycles. The van der Waals surface area contributed by atoms with E-state index in [9.17, 15) is 4.79 Å². The molecular formula is C18H26N2O. The second-order valence-electron chi connectivity index (χ2n) is 6.49. The number of piperidine rings is 1. The molecule has 3 heteroatoms. The van der Waals surface area contributed by atoms with Crippen molar-refractivity contribution in [1.29, 1.82) is 0 Å². The Balaban J connectivity index is 1.51. The normalized spacial score (nSPS) is 25.6. The van der Waals surface area contributed by atoms with E-state index in [-0.39, 0.29) is 11.8 Å². The van der Waals surface area contributed by atoms with Crippen LogP contribution < -0.4 is 10.6 Å². The van der Waals surface area contributed by atoms with Crippen LogP contribution in [0.5, 0.6) is 0 Å². The van der Waals surface area contributed by atoms with Crippen molar-refractivity contribution >= 4 is 5.91 Å². The Morgan fingerprint density at radius 2 is 2.00 bits per heavy atom. The minimum absolute atomic E-state index is 0.131. The molecule has 1 fully saturated rings. The molecule has 2 aliphatic rings. The van der Waals surface area contributed by atoms with Crippen LogP contribution in [0.25, 0.3) is 0 Å². The lowest BCUT2D eigenvalue weighted by Gasteiger charge is -2.32. The fraction of sp³-hybridized carbons (Fsp3) is 0.611. The van der Waals surface area contributed by atoms with Crippen LogP contribution in [-0.2, 0) is 17.6 Å². The molecular weight excluding hydrogens is 260 g/mol. The van der Waals surface area contributed by atoms with Gasteiger partial charge < -0.3 is 10.6 Å². The molecule has 3 rings (SSSR count). The number of carbonyl (C=O) groups is 1. The molecule has 0 spiro atoms. The third-order valence-electron chi connectivity index (χ3n) is 5.17. The molecule has 0 bridgehead atoms. The van der Waals surface area contributed by atoms with Gasteiger partial charge in [-0.25, -0.2) is 0 Å². The Bertz CT molecular complexity index is 475. The highest BCUT2D eigenvalue weighted by Gasteiger charge is 2.28. The summed E-state index contributed by atoms with van der Waals surface area (Å²) in [5, 5.41) is 6.76. The van der Waals surface area contributed by atoms with Crippen molar-refractivity contribution < 1.29 is 4.79 Å². The molecule has 2 atom stereocenters. The predicted molar refractivity (Wildman–Crippen MR) is 85.2 cm³/mol. The Labute approximate surface area is 127 Å². The fourth-order valence-corrected chi connectivity index (χ4v) is 3.85. The largest absolute Gasteiger partial charge is 0.354 e. The summed E-state index contributed by atoms with van der Waals surface area (Å²) in [6, 6.07) is 8.89. The van der Waals surface area contributed by atoms with Crippen LogP contribution in [0, 0.1) is 11.8 Å². The molecule has 1 aliphatic heterocycles. The van der Waals surface area contributed by atoms with Crippen molar-refractivity contribution in [2.75, 3.05) is 13.1 Å². The quantitative estimate of drug-likeness (QED) is 0.891. The van der Waals surface area contributed by atoms with Gasteiger partial charge >= 0.3 is 0 Å². The van der Waals surface area contributed by atoms with Crippen molar-refractivity contribution in [3.63, 3.8) is 0 Å². The molecule has 21 heavy (non-hydrogen) atoms. The zero-order valence-corrected chi connectivity index (χ0v) is 12.9. The van der Waals surface area contributed by atoms with Gasteiger partial charge in [-0.05, 0) is 49.3 Å². The lowest BCUT2D eigenvalue weighted by molar-refractivity contribution is -0.124. The number of carbonyl (C=O) groups excluding carboxylic acids is 1. The van der Waals surface area contributed by atoms with E-state index in [4.69, 9.17) is 0 Å². The molecule has 0 radical (unpaired) electrons. The summed E-state index contributed by atoms with van der Waals surface area (Å²) in [7, 11) is 0. The number of hydrogen-bond acceptors (Lipinski definition) is 2. The third kappa shape index (κ3) is 3.29. The highest BCUT2D eigenvalue weighted by atomic mass is 16.1. The molecule has 3 nitrogen and oxygen atoms in total. The van der Waals surface area contributed by atoms with Crippen LogP contribution in [0.3, 0.4) is 0 Å². The van der Waals surface area contributed by atoms with E-state index in [1.807, 2.05) is 0 Å². The van der Waals surface area contributed by atoms with Crippen LogP contribution in [0.1, 0.15) is 37.3 Å². The van der Waals surface area contributed by atoms with E-state index < -0.39 is 0 Å². The van der Waals surface area contributed by atoms with Gasteiger partial charge in [-0.2, -0.15) is 0 Å². The van der Waals surface area contributed by atoms with Crippen LogP contribution in [0.4, 0.5) is 0 Å². The minimum atomic E-state index is 0.131. The summed E-state index contributed by atoms with van der Waals surface area (Å²) in [5.41, 5.74) is 2.69. The number of fused-ring (bicyclic) bond motifs is 1. The Kier molecular flexibility index (Phi) is 4.59. The molecule has 1 aromatic rings. The maximum Gasteiger partial charge on any atom is 0.223 e. The number of nitrogens with one attached hydrogen (secondary N) is 2. The van der Waals surface area contributed by atoms with Crippen LogP contribution in [0.15, 0.2) is 24.3 Å². The monoisotopic (exact) mass is 286 g/mol. The second-order valence-corrected chi connectivity index (χ2v) is 6.49. The standard InChI is InChI=1S/C18H26N2O/c1-2-13-8-5-9-19-17(13)12-20-18(21)16-10-14-6-3-4-7-15(14)11-16/h3-4,6-7,13,16-17,19H,2,5,8-12H2,1H3,(H,20,21). The summed E-state index contributed by atoms with van der Waals surface area (Å²) in [4.78, 5) is 12.4. The van der Waals surface area contributed by atoms with E-state index in [0.717, 1.165) is 25.9 Å². The topological polar surface area (TPSA) is 41.1 Å². The third-order valence-corrected chi connectivity index (χ3v) is 5.17. The van der Waals surface area contributed by atoms with Crippen LogP contribution in [-0.4, -0.2) is 25.0 Å². The van der Waals surface area contributed by atoms with Crippen molar-refractivity contribution in [2.45, 2.75) is 45.1 Å². The van der Waals surface area contributed by atoms with E-state index in [1.165, 1.54) is 30.4 Å². The van der Waals surface area contributed by atoms with Gasteiger partial charge in [-0.1, -0.05) is 37.6 Å². The Hall–Kier alpha value is -1.35. The maximum absolute atomic E-state index is 12.4. The fourth-order valence-electron chi connectivity index (χ4n) is 3.85. The van der Waals surface area contributed by atoms with Gasteiger partial charge in [0.15, 0.2) is 0 Å². The minimum Gasteiger partial charge on any atom is -0.354 e. The summed E-state index contributed by atoms with van der Waals surface area (Å²) >= 11 is 0. The van der Waals surface area contributed by atoms with Crippen molar-refractivity contribution in [3.05, 3.63) is 35.4 Å². The van der Waals surface area contributed by atoms with Crippen molar-refractivity contribution in [1.82, 2.24) is 10.6 Å². The molecule has 1 aliphatic carbocycles. The van der Waals surface area contributed by atoms with E-state index >= 15 is 0 Å². The van der Waals surface area contributed by atoms with Crippen LogP contribution in [0.2, 0.25) is 0 Å². The summed E-state index contributed by atoms with van der Waals surface area (Å²) in [5.74, 6) is 1.07. The second kappa shape index (κ2) is 6.61. The lowest BCUT2D eigenvalue weighted by atomic mass is 9.88. The SMILES string of the molecule is CCC1CCCNC1CNC(=O)C1Cc2ccccc2C1. The van der Waals surface area contributed by atoms with Gasteiger partial charge in [0.2, 0.25) is 5.91 Å². The van der Waals surface area contributed by atoms with Gasteiger partial charge in [0, 0.05) is 18.5 Å². The first-order valence-electron chi connectivity index (χ1n) is 8.35. The average molecular weight is 286 g/mol. The zero-order chi connectivity index (χ0) is 14.7. The molecule has 1 heterocycles. The predicted octanol–water partition coefficient (Wildman–Crippen LogP) is 2.30. The molecule has 1 saturated heterocycles. The first kappa shape index (κ1) is 14.6. The summed E-state index contributed by atoms with van der Waals surface area (Å²) in [6.45, 7) is 4.12. The van der Waals surface area contributed by atoms with Gasteiger partial charge in [0.25, 0.3) is 0 Å². The van der Waals surface area contributed by atoms with Crippen molar-refractivity contribution in [3.8, 4) is 0 Å². The Morgan fingerprint density at radius 1 is 1.29 bits per heavy atom. The van der Waals surface area contributed by atoms with E-state index in [1.54, 1.807) is 0 Å². The molecule has 1 aromatic carbocycles. The summed E-state index contributed by atoms with van der Waals surface area (Å²) in [6.07, 6.45) is 5.55. The van der Waals surface area contributed by atoms with E-state index in [0.29, 0.717) is 12.0 Å². The first-order valence-corrected chi connectivity index (χ1v) is 8.35. The molecule has 114 valence electrons. The van der Waals surface area contributed by atoms with Gasteiger partial charge in [-0.3, -0.25) is 4.79 Å².